The molecule has 1 aliphatic carbocycles. The summed E-state index contributed by atoms with van der Waals surface area (Å²) in [5.74, 6) is 0.337. The summed E-state index contributed by atoms with van der Waals surface area (Å²) >= 11 is 0. The minimum absolute atomic E-state index is 0.0631. The van der Waals surface area contributed by atoms with E-state index in [-0.39, 0.29) is 18.5 Å². The fraction of sp³-hybridized carbons (Fsp3) is 0.474. The van der Waals surface area contributed by atoms with Crippen molar-refractivity contribution in [1.82, 2.24) is 9.88 Å². The molecule has 1 saturated carbocycles. The van der Waals surface area contributed by atoms with Gasteiger partial charge < -0.3 is 15.1 Å². The number of rotatable bonds is 5. The molecular formula is C19H25N3O2. The lowest BCUT2D eigenvalue weighted by atomic mass is 9.93. The van der Waals surface area contributed by atoms with E-state index in [0.29, 0.717) is 18.1 Å². The second-order valence-electron chi connectivity index (χ2n) is 6.54. The zero-order chi connectivity index (χ0) is 16.9. The van der Waals surface area contributed by atoms with E-state index in [1.54, 1.807) is 0 Å². The van der Waals surface area contributed by atoms with E-state index in [9.17, 15) is 4.79 Å². The molecule has 0 unspecified atom stereocenters. The predicted molar refractivity (Wildman–Crippen MR) is 92.3 cm³/mol. The highest BCUT2D eigenvalue weighted by Crippen LogP contribution is 2.26. The SMILES string of the molecule is Cc1cccc(CN(C(=O)c2coc(CN)n2)C2CCCCC2)c1. The van der Waals surface area contributed by atoms with E-state index >= 15 is 0 Å². The Morgan fingerprint density at radius 2 is 2.12 bits per heavy atom. The van der Waals surface area contributed by atoms with Crippen LogP contribution < -0.4 is 5.73 Å². The molecule has 5 nitrogen and oxygen atoms in total. The second kappa shape index (κ2) is 7.62. The number of aryl methyl sites for hydroxylation is 1. The van der Waals surface area contributed by atoms with E-state index in [2.05, 4.69) is 30.1 Å². The monoisotopic (exact) mass is 327 g/mol. The second-order valence-corrected chi connectivity index (χ2v) is 6.54. The lowest BCUT2D eigenvalue weighted by Gasteiger charge is -2.34. The maximum absolute atomic E-state index is 13.0. The Balaban J connectivity index is 1.84. The highest BCUT2D eigenvalue weighted by Gasteiger charge is 2.28. The molecule has 0 aliphatic heterocycles. The van der Waals surface area contributed by atoms with Crippen molar-refractivity contribution in [2.45, 2.75) is 58.2 Å². The summed E-state index contributed by atoms with van der Waals surface area (Å²) in [4.78, 5) is 19.2. The first-order valence-electron chi connectivity index (χ1n) is 8.68. The number of carbonyl (C=O) groups is 1. The van der Waals surface area contributed by atoms with Crippen molar-refractivity contribution in [3.63, 3.8) is 0 Å². The van der Waals surface area contributed by atoms with Gasteiger partial charge in [-0.2, -0.15) is 0 Å². The first-order valence-corrected chi connectivity index (χ1v) is 8.68. The third-order valence-electron chi connectivity index (χ3n) is 4.66. The number of amides is 1. The topological polar surface area (TPSA) is 72.4 Å². The molecule has 1 aliphatic rings. The Kier molecular flexibility index (Phi) is 5.30. The van der Waals surface area contributed by atoms with Crippen LogP contribution in [0.1, 0.15) is 59.6 Å². The molecule has 24 heavy (non-hydrogen) atoms. The highest BCUT2D eigenvalue weighted by atomic mass is 16.3. The smallest absolute Gasteiger partial charge is 0.276 e. The Morgan fingerprint density at radius 3 is 2.79 bits per heavy atom. The molecule has 3 rings (SSSR count). The molecule has 0 radical (unpaired) electrons. The van der Waals surface area contributed by atoms with Crippen LogP contribution in [-0.2, 0) is 13.1 Å². The zero-order valence-corrected chi connectivity index (χ0v) is 14.2. The molecule has 0 bridgehead atoms. The number of oxazole rings is 1. The van der Waals surface area contributed by atoms with Crippen LogP contribution in [0.5, 0.6) is 0 Å². The highest BCUT2D eigenvalue weighted by molar-refractivity contribution is 5.92. The van der Waals surface area contributed by atoms with Crippen molar-refractivity contribution < 1.29 is 9.21 Å². The van der Waals surface area contributed by atoms with E-state index in [4.69, 9.17) is 10.2 Å². The van der Waals surface area contributed by atoms with Crippen molar-refractivity contribution in [3.8, 4) is 0 Å². The standard InChI is InChI=1S/C19H25N3O2/c1-14-6-5-7-15(10-14)12-22(16-8-3-2-4-9-16)19(23)17-13-24-18(11-20)21-17/h5-7,10,13,16H,2-4,8-9,11-12,20H2,1H3. The quantitative estimate of drug-likeness (QED) is 0.913. The lowest BCUT2D eigenvalue weighted by molar-refractivity contribution is 0.0608. The molecule has 0 spiro atoms. The van der Waals surface area contributed by atoms with Crippen molar-refractivity contribution in [3.05, 3.63) is 53.2 Å². The number of hydrogen-bond acceptors (Lipinski definition) is 4. The van der Waals surface area contributed by atoms with Gasteiger partial charge in [-0.05, 0) is 25.3 Å². The van der Waals surface area contributed by atoms with Gasteiger partial charge in [0.2, 0.25) is 5.89 Å². The molecule has 1 fully saturated rings. The van der Waals surface area contributed by atoms with Crippen LogP contribution in [0, 0.1) is 6.92 Å². The van der Waals surface area contributed by atoms with Gasteiger partial charge in [-0.3, -0.25) is 4.79 Å². The van der Waals surface area contributed by atoms with Crippen LogP contribution in [0.2, 0.25) is 0 Å². The summed E-state index contributed by atoms with van der Waals surface area (Å²) in [6, 6.07) is 8.59. The van der Waals surface area contributed by atoms with Crippen LogP contribution in [0.15, 0.2) is 34.9 Å². The minimum Gasteiger partial charge on any atom is -0.447 e. The Morgan fingerprint density at radius 1 is 1.33 bits per heavy atom. The van der Waals surface area contributed by atoms with Crippen LogP contribution in [-0.4, -0.2) is 21.8 Å². The first-order chi connectivity index (χ1) is 11.7. The summed E-state index contributed by atoms with van der Waals surface area (Å²) in [6.07, 6.45) is 7.14. The van der Waals surface area contributed by atoms with Gasteiger partial charge in [0.15, 0.2) is 5.69 Å². The molecule has 0 atom stereocenters. The van der Waals surface area contributed by atoms with Crippen LogP contribution >= 0.6 is 0 Å². The number of aromatic nitrogens is 1. The van der Waals surface area contributed by atoms with E-state index in [0.717, 1.165) is 18.4 Å². The Bertz CT molecular complexity index is 689. The number of carbonyl (C=O) groups excluding carboxylic acids is 1. The van der Waals surface area contributed by atoms with Crippen molar-refractivity contribution in [2.75, 3.05) is 0 Å². The fourth-order valence-corrected chi connectivity index (χ4v) is 3.42. The van der Waals surface area contributed by atoms with Gasteiger partial charge in [0.1, 0.15) is 6.26 Å². The molecule has 5 heteroatoms. The molecule has 1 aromatic heterocycles. The van der Waals surface area contributed by atoms with Crippen molar-refractivity contribution in [2.24, 2.45) is 5.73 Å². The largest absolute Gasteiger partial charge is 0.447 e. The van der Waals surface area contributed by atoms with E-state index < -0.39 is 0 Å². The average Bonchev–Trinajstić information content (AvgIpc) is 3.09. The summed E-state index contributed by atoms with van der Waals surface area (Å²) < 4.78 is 5.26. The fourth-order valence-electron chi connectivity index (χ4n) is 3.42. The summed E-state index contributed by atoms with van der Waals surface area (Å²) in [5, 5.41) is 0. The van der Waals surface area contributed by atoms with Crippen molar-refractivity contribution >= 4 is 5.91 Å². The van der Waals surface area contributed by atoms with Gasteiger partial charge in [-0.1, -0.05) is 49.1 Å². The number of benzene rings is 1. The molecular weight excluding hydrogens is 302 g/mol. The van der Waals surface area contributed by atoms with Gasteiger partial charge in [0, 0.05) is 12.6 Å². The average molecular weight is 327 g/mol. The van der Waals surface area contributed by atoms with Gasteiger partial charge >= 0.3 is 0 Å². The third-order valence-corrected chi connectivity index (χ3v) is 4.66. The maximum atomic E-state index is 13.0. The Hall–Kier alpha value is -2.14. The predicted octanol–water partition coefficient (Wildman–Crippen LogP) is 3.42. The lowest BCUT2D eigenvalue weighted by Crippen LogP contribution is -2.41. The van der Waals surface area contributed by atoms with Crippen LogP contribution in [0.4, 0.5) is 0 Å². The molecule has 1 amide bonds. The van der Waals surface area contributed by atoms with Crippen molar-refractivity contribution in [1.29, 1.82) is 0 Å². The minimum atomic E-state index is -0.0631. The Labute approximate surface area is 142 Å². The molecule has 0 saturated heterocycles. The molecule has 128 valence electrons. The van der Waals surface area contributed by atoms with E-state index in [1.807, 2.05) is 11.0 Å². The molecule has 2 N–H and O–H groups in total. The summed E-state index contributed by atoms with van der Waals surface area (Å²) in [5.41, 5.74) is 8.25. The van der Waals surface area contributed by atoms with Gasteiger partial charge in [-0.15, -0.1) is 0 Å². The molecule has 1 heterocycles. The van der Waals surface area contributed by atoms with Crippen LogP contribution in [0.25, 0.3) is 0 Å². The normalized spacial score (nSPS) is 15.4. The summed E-state index contributed by atoms with van der Waals surface area (Å²) in [7, 11) is 0. The third kappa shape index (κ3) is 3.85. The number of nitrogens with two attached hydrogens (primary N) is 1. The van der Waals surface area contributed by atoms with Crippen LogP contribution in [0.3, 0.4) is 0 Å². The zero-order valence-electron chi connectivity index (χ0n) is 14.2. The summed E-state index contributed by atoms with van der Waals surface area (Å²) in [6.45, 7) is 2.88. The number of hydrogen-bond donors (Lipinski definition) is 1. The van der Waals surface area contributed by atoms with E-state index in [1.165, 1.54) is 31.1 Å². The first kappa shape index (κ1) is 16.7. The number of nitrogens with zero attached hydrogens (tertiary/aromatic N) is 2. The maximum Gasteiger partial charge on any atom is 0.276 e. The van der Waals surface area contributed by atoms with Gasteiger partial charge in [-0.25, -0.2) is 4.98 Å². The molecule has 2 aromatic rings. The van der Waals surface area contributed by atoms with Gasteiger partial charge in [0.25, 0.3) is 5.91 Å². The molecule has 1 aromatic carbocycles. The van der Waals surface area contributed by atoms with Gasteiger partial charge in [0.05, 0.1) is 6.54 Å².